The maximum absolute atomic E-state index is 4.62. The molecule has 3 aliphatic rings. The van der Waals surface area contributed by atoms with Gasteiger partial charge in [0.05, 0.1) is 10.2 Å². The highest BCUT2D eigenvalue weighted by Gasteiger charge is 2.34. The summed E-state index contributed by atoms with van der Waals surface area (Å²) in [5.74, 6) is 2.71. The maximum atomic E-state index is 4.62. The molecule has 0 saturated carbocycles. The van der Waals surface area contributed by atoms with Gasteiger partial charge in [-0.25, -0.2) is 9.97 Å². The highest BCUT2D eigenvalue weighted by molar-refractivity contribution is 7.17. The van der Waals surface area contributed by atoms with Crippen LogP contribution in [0.4, 0.5) is 5.82 Å². The molecular formula is C14H18N4S. The first kappa shape index (κ1) is 11.6. The Labute approximate surface area is 116 Å². The van der Waals surface area contributed by atoms with Crippen LogP contribution in [0.3, 0.4) is 0 Å². The summed E-state index contributed by atoms with van der Waals surface area (Å²) in [6.07, 6.45) is 2.66. The highest BCUT2D eigenvalue weighted by Crippen LogP contribution is 2.32. The molecule has 100 valence electrons. The van der Waals surface area contributed by atoms with Crippen LogP contribution in [-0.2, 0) is 0 Å². The van der Waals surface area contributed by atoms with Crippen LogP contribution in [0.1, 0.15) is 18.7 Å². The molecule has 1 atom stereocenters. The van der Waals surface area contributed by atoms with Gasteiger partial charge in [-0.1, -0.05) is 0 Å². The Morgan fingerprint density at radius 1 is 1.32 bits per heavy atom. The van der Waals surface area contributed by atoms with E-state index in [2.05, 4.69) is 31.6 Å². The number of hydrogen-bond donors (Lipinski definition) is 1. The Bertz CT molecular complexity index is 601. The van der Waals surface area contributed by atoms with Crippen molar-refractivity contribution in [2.45, 2.75) is 25.8 Å². The molecule has 1 N–H and O–H groups in total. The van der Waals surface area contributed by atoms with Crippen LogP contribution >= 0.6 is 11.3 Å². The highest BCUT2D eigenvalue weighted by atomic mass is 32.1. The number of aryl methyl sites for hydroxylation is 1. The van der Waals surface area contributed by atoms with Gasteiger partial charge in [-0.3, -0.25) is 0 Å². The fourth-order valence-corrected chi connectivity index (χ4v) is 4.17. The number of nitrogens with one attached hydrogen (secondary N) is 1. The zero-order chi connectivity index (χ0) is 12.8. The van der Waals surface area contributed by atoms with Gasteiger partial charge in [-0.2, -0.15) is 0 Å². The number of aromatic nitrogens is 2. The van der Waals surface area contributed by atoms with E-state index in [4.69, 9.17) is 0 Å². The van der Waals surface area contributed by atoms with Crippen molar-refractivity contribution in [3.05, 3.63) is 17.3 Å². The third-order valence-corrected chi connectivity index (χ3v) is 5.30. The van der Waals surface area contributed by atoms with Gasteiger partial charge in [-0.15, -0.1) is 11.3 Å². The third kappa shape index (κ3) is 2.01. The van der Waals surface area contributed by atoms with Crippen molar-refractivity contribution in [1.29, 1.82) is 0 Å². The molecule has 5 heteroatoms. The quantitative estimate of drug-likeness (QED) is 0.913. The Kier molecular flexibility index (Phi) is 2.70. The van der Waals surface area contributed by atoms with Crippen LogP contribution in [0.5, 0.6) is 0 Å². The molecule has 0 aromatic carbocycles. The molecule has 5 heterocycles. The van der Waals surface area contributed by atoms with E-state index >= 15 is 0 Å². The monoisotopic (exact) mass is 274 g/mol. The van der Waals surface area contributed by atoms with Crippen LogP contribution in [0.15, 0.2) is 11.4 Å². The van der Waals surface area contributed by atoms with Crippen molar-refractivity contribution in [2.24, 2.45) is 5.92 Å². The molecule has 3 fully saturated rings. The Hall–Kier alpha value is -1.20. The van der Waals surface area contributed by atoms with Crippen molar-refractivity contribution in [2.75, 3.05) is 25.0 Å². The fourth-order valence-electron chi connectivity index (χ4n) is 3.38. The Morgan fingerprint density at radius 3 is 2.89 bits per heavy atom. The van der Waals surface area contributed by atoms with Gasteiger partial charge in [0, 0.05) is 12.6 Å². The second-order valence-electron chi connectivity index (χ2n) is 5.64. The predicted molar refractivity (Wildman–Crippen MR) is 78.7 cm³/mol. The van der Waals surface area contributed by atoms with E-state index < -0.39 is 0 Å². The fraction of sp³-hybridized carbons (Fsp3) is 0.571. The summed E-state index contributed by atoms with van der Waals surface area (Å²) >= 11 is 1.73. The number of fused-ring (bicyclic) bond motifs is 4. The summed E-state index contributed by atoms with van der Waals surface area (Å²) in [6.45, 7) is 5.69. The minimum Gasteiger partial charge on any atom is -0.364 e. The molecule has 0 unspecified atom stereocenters. The zero-order valence-electron chi connectivity index (χ0n) is 11.1. The summed E-state index contributed by atoms with van der Waals surface area (Å²) in [7, 11) is 0. The molecule has 19 heavy (non-hydrogen) atoms. The summed E-state index contributed by atoms with van der Waals surface area (Å²) in [5, 5.41) is 5.80. The van der Waals surface area contributed by atoms with Crippen LogP contribution < -0.4 is 5.32 Å². The van der Waals surface area contributed by atoms with E-state index in [-0.39, 0.29) is 0 Å². The van der Waals surface area contributed by atoms with Crippen molar-refractivity contribution >= 4 is 27.4 Å². The first-order valence-electron chi connectivity index (χ1n) is 7.00. The average Bonchev–Trinajstić information content (AvgIpc) is 2.88. The van der Waals surface area contributed by atoms with Crippen molar-refractivity contribution in [3.8, 4) is 0 Å². The number of piperidine rings is 3. The van der Waals surface area contributed by atoms with E-state index in [1.807, 2.05) is 6.92 Å². The molecule has 3 saturated heterocycles. The normalized spacial score (nSPS) is 29.8. The van der Waals surface area contributed by atoms with Crippen LogP contribution in [0, 0.1) is 12.8 Å². The van der Waals surface area contributed by atoms with Gasteiger partial charge in [0.15, 0.2) is 0 Å². The summed E-state index contributed by atoms with van der Waals surface area (Å²) < 4.78 is 1.20. The molecule has 2 aromatic rings. The van der Waals surface area contributed by atoms with Gasteiger partial charge in [0.1, 0.15) is 11.6 Å². The lowest BCUT2D eigenvalue weighted by Gasteiger charge is -2.45. The second-order valence-corrected chi connectivity index (χ2v) is 6.56. The van der Waals surface area contributed by atoms with E-state index in [0.717, 1.165) is 23.1 Å². The van der Waals surface area contributed by atoms with Crippen LogP contribution in [0.2, 0.25) is 0 Å². The molecular weight excluding hydrogens is 256 g/mol. The lowest BCUT2D eigenvalue weighted by Crippen LogP contribution is -2.53. The van der Waals surface area contributed by atoms with Gasteiger partial charge < -0.3 is 10.2 Å². The van der Waals surface area contributed by atoms with Gasteiger partial charge in [-0.05, 0) is 50.2 Å². The Balaban J connectivity index is 1.66. The molecule has 5 rings (SSSR count). The second kappa shape index (κ2) is 4.42. The van der Waals surface area contributed by atoms with Crippen molar-refractivity contribution in [1.82, 2.24) is 14.9 Å². The number of anilines is 1. The molecule has 2 aromatic heterocycles. The summed E-state index contributed by atoms with van der Waals surface area (Å²) in [5.41, 5.74) is 1.07. The van der Waals surface area contributed by atoms with Crippen molar-refractivity contribution in [3.63, 3.8) is 0 Å². The summed E-state index contributed by atoms with van der Waals surface area (Å²) in [6, 6.07) is 2.64. The first-order valence-corrected chi connectivity index (χ1v) is 7.88. The van der Waals surface area contributed by atoms with Crippen LogP contribution in [-0.4, -0.2) is 40.5 Å². The number of thiophene rings is 1. The number of rotatable bonds is 2. The predicted octanol–water partition coefficient (Wildman–Crippen LogP) is 2.51. The van der Waals surface area contributed by atoms with E-state index in [1.165, 1.54) is 37.2 Å². The largest absolute Gasteiger partial charge is 0.364 e. The van der Waals surface area contributed by atoms with Gasteiger partial charge in [0.2, 0.25) is 0 Å². The average molecular weight is 274 g/mol. The van der Waals surface area contributed by atoms with E-state index in [9.17, 15) is 0 Å². The van der Waals surface area contributed by atoms with Gasteiger partial charge >= 0.3 is 0 Å². The number of hydrogen-bond acceptors (Lipinski definition) is 5. The van der Waals surface area contributed by atoms with E-state index in [1.54, 1.807) is 11.3 Å². The molecule has 0 aliphatic carbocycles. The molecule has 4 nitrogen and oxygen atoms in total. The molecule has 0 radical (unpaired) electrons. The lowest BCUT2D eigenvalue weighted by molar-refractivity contribution is 0.0974. The van der Waals surface area contributed by atoms with E-state index in [0.29, 0.717) is 6.04 Å². The van der Waals surface area contributed by atoms with Gasteiger partial charge in [0.25, 0.3) is 0 Å². The lowest BCUT2D eigenvalue weighted by atomic mass is 9.84. The molecule has 2 bridgehead atoms. The zero-order valence-corrected chi connectivity index (χ0v) is 11.9. The first-order chi connectivity index (χ1) is 9.29. The SMILES string of the molecule is Cc1nc(N[C@H]2CN3CCC2CC3)c2sccc2n1. The topological polar surface area (TPSA) is 41.1 Å². The van der Waals surface area contributed by atoms with Crippen LogP contribution in [0.25, 0.3) is 10.2 Å². The molecule has 3 aliphatic heterocycles. The number of nitrogens with zero attached hydrogens (tertiary/aromatic N) is 3. The minimum atomic E-state index is 0.558. The molecule has 0 spiro atoms. The minimum absolute atomic E-state index is 0.558. The smallest absolute Gasteiger partial charge is 0.148 e. The molecule has 0 amide bonds. The third-order valence-electron chi connectivity index (χ3n) is 4.39. The summed E-state index contributed by atoms with van der Waals surface area (Å²) in [4.78, 5) is 11.7. The Morgan fingerprint density at radius 2 is 2.16 bits per heavy atom. The van der Waals surface area contributed by atoms with Crippen molar-refractivity contribution < 1.29 is 0 Å². The standard InChI is InChI=1S/C14H18N4S/c1-9-15-11-4-7-19-13(11)14(16-9)17-12-8-18-5-2-10(12)3-6-18/h4,7,10,12H,2-3,5-6,8H2,1H3,(H,15,16,17)/t12-/m0/s1. The maximum Gasteiger partial charge on any atom is 0.148 e.